The predicted octanol–water partition coefficient (Wildman–Crippen LogP) is 2.39. The molecule has 122 valence electrons. The molecule has 24 heavy (non-hydrogen) atoms. The number of hydrogen-bond donors (Lipinski definition) is 2. The minimum absolute atomic E-state index is 0. The Kier molecular flexibility index (Phi) is 4.99. The highest BCUT2D eigenvalue weighted by Gasteiger charge is 2.12. The van der Waals surface area contributed by atoms with Crippen LogP contribution in [0, 0.1) is 11.3 Å². The van der Waals surface area contributed by atoms with Crippen LogP contribution in [-0.2, 0) is 0 Å². The Hall–Kier alpha value is -3.14. The zero-order valence-electron chi connectivity index (χ0n) is 13.1. The Morgan fingerprint density at radius 3 is 2.54 bits per heavy atom. The Morgan fingerprint density at radius 1 is 1.12 bits per heavy atom. The highest BCUT2D eigenvalue weighted by Crippen LogP contribution is 2.27. The first kappa shape index (κ1) is 17.2. The number of pyridine rings is 1. The lowest BCUT2D eigenvalue weighted by atomic mass is 10.1. The fourth-order valence-electron chi connectivity index (χ4n) is 2.60. The lowest BCUT2D eigenvalue weighted by molar-refractivity contribution is 0.318. The largest absolute Gasteiger partial charge is 0.508 e. The molecule has 0 saturated heterocycles. The number of phenolic OH excluding ortho intramolecular Hbond substituents is 1. The fourth-order valence-corrected chi connectivity index (χ4v) is 2.60. The van der Waals surface area contributed by atoms with E-state index in [2.05, 4.69) is 11.1 Å². The lowest BCUT2D eigenvalue weighted by Crippen LogP contribution is -1.92. The maximum Gasteiger partial charge on any atom is 0.156 e. The first-order chi connectivity index (χ1) is 11.2. The second kappa shape index (κ2) is 6.96. The Balaban J connectivity index is 0.000000487. The van der Waals surface area contributed by atoms with Crippen LogP contribution < -0.4 is 0 Å². The molecule has 4 N–H and O–H groups in total. The summed E-state index contributed by atoms with van der Waals surface area (Å²) < 4.78 is 1.92. The number of hydrogen-bond acceptors (Lipinski definition) is 4. The minimum Gasteiger partial charge on any atom is -0.508 e. The zero-order valence-corrected chi connectivity index (χ0v) is 13.1. The Bertz CT molecular complexity index is 1050. The molecule has 0 aliphatic carbocycles. The predicted molar refractivity (Wildman–Crippen MR) is 93.0 cm³/mol. The number of nitriles is 1. The third-order valence-electron chi connectivity index (χ3n) is 3.48. The summed E-state index contributed by atoms with van der Waals surface area (Å²) in [5.41, 5.74) is 3.74. The number of fused-ring (bicyclic) bond motifs is 5. The highest BCUT2D eigenvalue weighted by atomic mass is 16.3. The van der Waals surface area contributed by atoms with Gasteiger partial charge in [-0.1, -0.05) is 12.1 Å². The van der Waals surface area contributed by atoms with Crippen LogP contribution in [-0.4, -0.2) is 31.7 Å². The normalized spacial score (nSPS) is 10.0. The van der Waals surface area contributed by atoms with Crippen LogP contribution in [0.1, 0.15) is 12.5 Å². The van der Waals surface area contributed by atoms with Crippen LogP contribution >= 0.6 is 0 Å². The molecule has 2 aromatic carbocycles. The molecule has 4 aromatic rings. The number of nitrogens with zero attached hydrogens (tertiary/aromatic N) is 3. The summed E-state index contributed by atoms with van der Waals surface area (Å²) in [6.07, 6.45) is 0. The Labute approximate surface area is 138 Å². The van der Waals surface area contributed by atoms with Crippen molar-refractivity contribution in [1.82, 2.24) is 9.38 Å². The molecule has 0 spiro atoms. The van der Waals surface area contributed by atoms with E-state index in [1.807, 2.05) is 28.7 Å². The van der Waals surface area contributed by atoms with Crippen molar-refractivity contribution in [3.63, 3.8) is 0 Å². The monoisotopic (exact) mass is 323 g/mol. The van der Waals surface area contributed by atoms with Gasteiger partial charge in [0.05, 0.1) is 22.1 Å². The number of para-hydroxylation sites is 2. The molecule has 4 rings (SSSR count). The van der Waals surface area contributed by atoms with E-state index in [1.165, 1.54) is 0 Å². The van der Waals surface area contributed by atoms with Gasteiger partial charge in [0.2, 0.25) is 0 Å². The molecule has 0 saturated carbocycles. The van der Waals surface area contributed by atoms with E-state index in [0.29, 0.717) is 11.2 Å². The van der Waals surface area contributed by atoms with Crippen LogP contribution in [0.3, 0.4) is 0 Å². The van der Waals surface area contributed by atoms with Gasteiger partial charge in [-0.05, 0) is 37.3 Å². The van der Waals surface area contributed by atoms with E-state index >= 15 is 0 Å². The summed E-state index contributed by atoms with van der Waals surface area (Å²) in [5.74, 6) is 0.196. The van der Waals surface area contributed by atoms with Crippen molar-refractivity contribution >= 4 is 27.6 Å². The van der Waals surface area contributed by atoms with E-state index in [0.717, 1.165) is 21.9 Å². The molecule has 0 amide bonds. The summed E-state index contributed by atoms with van der Waals surface area (Å²) in [6, 6.07) is 16.8. The van der Waals surface area contributed by atoms with Crippen LogP contribution in [0.25, 0.3) is 27.6 Å². The van der Waals surface area contributed by atoms with Crippen molar-refractivity contribution in [3.05, 3.63) is 54.1 Å². The van der Waals surface area contributed by atoms with Gasteiger partial charge in [-0.25, -0.2) is 4.98 Å². The first-order valence-corrected chi connectivity index (χ1v) is 7.23. The molecule has 2 heterocycles. The topological polar surface area (TPSA) is 113 Å². The first-order valence-electron chi connectivity index (χ1n) is 7.23. The number of phenols is 1. The van der Waals surface area contributed by atoms with Gasteiger partial charge in [0, 0.05) is 18.1 Å². The molecular weight excluding hydrogens is 306 g/mol. The summed E-state index contributed by atoms with van der Waals surface area (Å²) in [5, 5.41) is 27.5. The smallest absolute Gasteiger partial charge is 0.156 e. The minimum atomic E-state index is 0. The zero-order chi connectivity index (χ0) is 16.4. The van der Waals surface area contributed by atoms with Crippen molar-refractivity contribution in [2.45, 2.75) is 6.92 Å². The molecule has 0 unspecified atom stereocenters. The average molecular weight is 323 g/mol. The standard InChI is InChI=1S/C16H9N3O.C2H6O.H2O/c17-9-11-7-10-5-6-12(20)8-15(10)19-14-4-2-1-3-13(14)18-16(11)19;1-2-3;/h1-8,20H;3H,2H2,1H3;1H2. The maximum atomic E-state index is 9.73. The van der Waals surface area contributed by atoms with Gasteiger partial charge in [0.25, 0.3) is 0 Å². The number of aromatic hydroxyl groups is 1. The van der Waals surface area contributed by atoms with Gasteiger partial charge in [0.15, 0.2) is 5.65 Å². The summed E-state index contributed by atoms with van der Waals surface area (Å²) >= 11 is 0. The van der Waals surface area contributed by atoms with E-state index in [4.69, 9.17) is 5.11 Å². The highest BCUT2D eigenvalue weighted by molar-refractivity contribution is 5.93. The van der Waals surface area contributed by atoms with Crippen molar-refractivity contribution in [3.8, 4) is 11.8 Å². The number of benzene rings is 2. The van der Waals surface area contributed by atoms with Crippen LogP contribution in [0.4, 0.5) is 0 Å². The second-order valence-corrected chi connectivity index (χ2v) is 4.99. The molecule has 0 aliphatic heterocycles. The molecule has 0 atom stereocenters. The molecule has 0 aliphatic rings. The van der Waals surface area contributed by atoms with Crippen LogP contribution in [0.15, 0.2) is 48.5 Å². The molecule has 2 aromatic heterocycles. The SMILES string of the molecule is CCO.N#Cc1cc2ccc(O)cc2n2c1nc1ccccc12.O. The van der Waals surface area contributed by atoms with E-state index in [1.54, 1.807) is 31.2 Å². The van der Waals surface area contributed by atoms with E-state index < -0.39 is 0 Å². The molecule has 0 radical (unpaired) electrons. The lowest BCUT2D eigenvalue weighted by Gasteiger charge is -2.05. The molecular formula is C18H17N3O3. The molecule has 6 heteroatoms. The number of aliphatic hydroxyl groups is 1. The number of aromatic nitrogens is 2. The maximum absolute atomic E-state index is 9.73. The van der Waals surface area contributed by atoms with Gasteiger partial charge in [0.1, 0.15) is 11.8 Å². The third kappa shape index (κ3) is 2.74. The van der Waals surface area contributed by atoms with E-state index in [9.17, 15) is 10.4 Å². The van der Waals surface area contributed by atoms with Gasteiger partial charge in [-0.2, -0.15) is 5.26 Å². The average Bonchev–Trinajstić information content (AvgIpc) is 2.95. The fraction of sp³-hybridized carbons (Fsp3) is 0.111. The summed E-state index contributed by atoms with van der Waals surface area (Å²) in [4.78, 5) is 4.52. The van der Waals surface area contributed by atoms with Gasteiger partial charge >= 0.3 is 0 Å². The van der Waals surface area contributed by atoms with Gasteiger partial charge in [-0.15, -0.1) is 0 Å². The van der Waals surface area contributed by atoms with Crippen LogP contribution in [0.2, 0.25) is 0 Å². The second-order valence-electron chi connectivity index (χ2n) is 4.99. The van der Waals surface area contributed by atoms with Crippen molar-refractivity contribution in [1.29, 1.82) is 5.26 Å². The molecule has 0 bridgehead atoms. The number of aliphatic hydroxyl groups excluding tert-OH is 1. The number of imidazole rings is 1. The van der Waals surface area contributed by atoms with E-state index in [-0.39, 0.29) is 17.8 Å². The third-order valence-corrected chi connectivity index (χ3v) is 3.48. The van der Waals surface area contributed by atoms with Crippen molar-refractivity contribution < 1.29 is 15.7 Å². The summed E-state index contributed by atoms with van der Waals surface area (Å²) in [6.45, 7) is 1.93. The van der Waals surface area contributed by atoms with Crippen molar-refractivity contribution in [2.24, 2.45) is 0 Å². The Morgan fingerprint density at radius 2 is 1.83 bits per heavy atom. The molecule has 0 fully saturated rings. The van der Waals surface area contributed by atoms with Crippen molar-refractivity contribution in [2.75, 3.05) is 6.61 Å². The van der Waals surface area contributed by atoms with Gasteiger partial charge in [-0.3, -0.25) is 4.40 Å². The van der Waals surface area contributed by atoms with Crippen LogP contribution in [0.5, 0.6) is 5.75 Å². The number of rotatable bonds is 0. The van der Waals surface area contributed by atoms with Gasteiger partial charge < -0.3 is 15.7 Å². The summed E-state index contributed by atoms with van der Waals surface area (Å²) in [7, 11) is 0. The quantitative estimate of drug-likeness (QED) is 0.517. The molecule has 6 nitrogen and oxygen atoms in total.